The van der Waals surface area contributed by atoms with Crippen LogP contribution in [0.5, 0.6) is 0 Å². The molecule has 0 N–H and O–H groups in total. The van der Waals surface area contributed by atoms with Crippen molar-refractivity contribution >= 4 is 17.8 Å². The maximum absolute atomic E-state index is 13.0. The monoisotopic (exact) mass is 380 g/mol. The van der Waals surface area contributed by atoms with Gasteiger partial charge in [-0.3, -0.25) is 4.79 Å². The Morgan fingerprint density at radius 3 is 2.50 bits per heavy atom. The minimum atomic E-state index is -1.09. The van der Waals surface area contributed by atoms with Gasteiger partial charge in [0.1, 0.15) is 17.5 Å². The number of carbonyl (C=O) groups excluding carboxylic acids is 2. The van der Waals surface area contributed by atoms with Gasteiger partial charge in [-0.05, 0) is 75.6 Å². The van der Waals surface area contributed by atoms with Crippen molar-refractivity contribution < 1.29 is 18.7 Å². The Morgan fingerprint density at radius 1 is 1.29 bits per heavy atom. The van der Waals surface area contributed by atoms with Crippen molar-refractivity contribution in [1.29, 1.82) is 5.26 Å². The molecule has 1 atom stereocenters. The van der Waals surface area contributed by atoms with Crippen molar-refractivity contribution in [3.8, 4) is 6.07 Å². The summed E-state index contributed by atoms with van der Waals surface area (Å²) in [6, 6.07) is 9.28. The van der Waals surface area contributed by atoms with Crippen LogP contribution in [0.4, 0.5) is 4.39 Å². The largest absolute Gasteiger partial charge is 0.450 e. The highest BCUT2D eigenvalue weighted by Gasteiger charge is 2.27. The van der Waals surface area contributed by atoms with E-state index in [1.165, 1.54) is 25.1 Å². The predicted molar refractivity (Wildman–Crippen MR) is 102 cm³/mol. The molecule has 3 rings (SSSR count). The summed E-state index contributed by atoms with van der Waals surface area (Å²) in [5, 5.41) is 9.39. The molecule has 5 nitrogen and oxygen atoms in total. The third kappa shape index (κ3) is 4.04. The second kappa shape index (κ2) is 7.81. The van der Waals surface area contributed by atoms with Crippen LogP contribution >= 0.6 is 0 Å². The van der Waals surface area contributed by atoms with Crippen LogP contribution in [0.15, 0.2) is 35.9 Å². The number of nitrogens with zero attached hydrogens (tertiary/aromatic N) is 2. The van der Waals surface area contributed by atoms with Crippen molar-refractivity contribution in [3.63, 3.8) is 0 Å². The molecule has 0 bridgehead atoms. The molecule has 1 heterocycles. The molecule has 0 aliphatic heterocycles. The summed E-state index contributed by atoms with van der Waals surface area (Å²) in [6.07, 6.45) is 2.68. The summed E-state index contributed by atoms with van der Waals surface area (Å²) in [7, 11) is 0. The molecule has 1 saturated carbocycles. The Kier molecular flexibility index (Phi) is 5.46. The molecule has 0 amide bonds. The fourth-order valence-corrected chi connectivity index (χ4v) is 3.26. The van der Waals surface area contributed by atoms with E-state index in [1.807, 2.05) is 26.0 Å². The minimum absolute atomic E-state index is 0.171. The SMILES string of the molecule is Cc1cc(/C=C(\C#N)C(=O)O[C@@H](C)C(=O)c2ccc(F)cc2)c(C)n1C1CC1. The quantitative estimate of drug-likeness (QED) is 0.324. The van der Waals surface area contributed by atoms with Gasteiger partial charge in [0.05, 0.1) is 0 Å². The summed E-state index contributed by atoms with van der Waals surface area (Å²) in [4.78, 5) is 24.7. The summed E-state index contributed by atoms with van der Waals surface area (Å²) in [5.41, 5.74) is 2.93. The lowest BCUT2D eigenvalue weighted by atomic mass is 10.1. The van der Waals surface area contributed by atoms with Gasteiger partial charge < -0.3 is 9.30 Å². The number of hydrogen-bond donors (Lipinski definition) is 0. The van der Waals surface area contributed by atoms with E-state index < -0.39 is 23.7 Å². The fraction of sp³-hybridized carbons (Fsp3) is 0.318. The van der Waals surface area contributed by atoms with Gasteiger partial charge in [-0.2, -0.15) is 5.26 Å². The number of benzene rings is 1. The summed E-state index contributed by atoms with van der Waals surface area (Å²) >= 11 is 0. The first-order valence-corrected chi connectivity index (χ1v) is 9.12. The number of esters is 1. The molecular weight excluding hydrogens is 359 g/mol. The molecule has 0 radical (unpaired) electrons. The number of carbonyl (C=O) groups is 2. The molecule has 1 aliphatic carbocycles. The standard InChI is InChI=1S/C22H21FN2O3/c1-13-10-17(14(2)25(13)20-8-9-20)11-18(12-24)22(27)28-15(3)21(26)16-4-6-19(23)7-5-16/h4-7,10-11,15,20H,8-9H2,1-3H3/b18-11+/t15-/m0/s1. The third-order valence-corrected chi connectivity index (χ3v) is 4.86. The van der Waals surface area contributed by atoms with Crippen LogP contribution in [-0.2, 0) is 9.53 Å². The van der Waals surface area contributed by atoms with E-state index in [4.69, 9.17) is 4.74 Å². The molecule has 144 valence electrons. The van der Waals surface area contributed by atoms with E-state index >= 15 is 0 Å². The van der Waals surface area contributed by atoms with Crippen molar-refractivity contribution in [1.82, 2.24) is 4.57 Å². The highest BCUT2D eigenvalue weighted by molar-refractivity contribution is 6.03. The van der Waals surface area contributed by atoms with Crippen LogP contribution in [-0.4, -0.2) is 22.4 Å². The number of Topliss-reactive ketones (excluding diaryl/α,β-unsaturated/α-hetero) is 1. The molecule has 0 unspecified atom stereocenters. The molecule has 1 aromatic heterocycles. The van der Waals surface area contributed by atoms with Gasteiger partial charge in [-0.25, -0.2) is 9.18 Å². The number of ether oxygens (including phenoxy) is 1. The molecule has 6 heteroatoms. The first-order chi connectivity index (χ1) is 13.3. The van der Waals surface area contributed by atoms with Crippen molar-refractivity contribution in [3.05, 3.63) is 64.2 Å². The maximum atomic E-state index is 13.0. The molecule has 1 aliphatic rings. The highest BCUT2D eigenvalue weighted by atomic mass is 19.1. The molecule has 1 aromatic carbocycles. The molecule has 2 aromatic rings. The van der Waals surface area contributed by atoms with Crippen molar-refractivity contribution in [2.45, 2.75) is 45.8 Å². The molecular formula is C22H21FN2O3. The van der Waals surface area contributed by atoms with Crippen LogP contribution in [0.3, 0.4) is 0 Å². The third-order valence-electron chi connectivity index (χ3n) is 4.86. The maximum Gasteiger partial charge on any atom is 0.349 e. The fourth-order valence-electron chi connectivity index (χ4n) is 3.26. The highest BCUT2D eigenvalue weighted by Crippen LogP contribution is 2.38. The minimum Gasteiger partial charge on any atom is -0.450 e. The van der Waals surface area contributed by atoms with E-state index in [0.29, 0.717) is 6.04 Å². The van der Waals surface area contributed by atoms with Gasteiger partial charge in [-0.15, -0.1) is 0 Å². The lowest BCUT2D eigenvalue weighted by Crippen LogP contribution is -2.25. The van der Waals surface area contributed by atoms with E-state index in [9.17, 15) is 19.2 Å². The number of rotatable bonds is 6. The number of halogens is 1. The average molecular weight is 380 g/mol. The van der Waals surface area contributed by atoms with Crippen LogP contribution in [0.2, 0.25) is 0 Å². The van der Waals surface area contributed by atoms with Crippen LogP contribution in [0, 0.1) is 31.0 Å². The van der Waals surface area contributed by atoms with Crippen LogP contribution in [0.1, 0.15) is 53.1 Å². The van der Waals surface area contributed by atoms with E-state index in [1.54, 1.807) is 0 Å². The first-order valence-electron chi connectivity index (χ1n) is 9.12. The summed E-state index contributed by atoms with van der Waals surface area (Å²) < 4.78 is 20.4. The Balaban J connectivity index is 1.75. The van der Waals surface area contributed by atoms with Gasteiger partial charge >= 0.3 is 5.97 Å². The van der Waals surface area contributed by atoms with E-state index in [2.05, 4.69) is 4.57 Å². The van der Waals surface area contributed by atoms with Crippen molar-refractivity contribution in [2.75, 3.05) is 0 Å². The second-order valence-electron chi connectivity index (χ2n) is 7.02. The topological polar surface area (TPSA) is 72.1 Å². The van der Waals surface area contributed by atoms with Gasteiger partial charge in [0, 0.05) is 23.0 Å². The second-order valence-corrected chi connectivity index (χ2v) is 7.02. The molecule has 0 spiro atoms. The van der Waals surface area contributed by atoms with Crippen LogP contribution < -0.4 is 0 Å². The molecule has 28 heavy (non-hydrogen) atoms. The number of aryl methyl sites for hydroxylation is 1. The first kappa shape index (κ1) is 19.6. The zero-order valence-corrected chi connectivity index (χ0v) is 16.0. The Morgan fingerprint density at radius 2 is 1.93 bits per heavy atom. The zero-order chi connectivity index (χ0) is 20.4. The lowest BCUT2D eigenvalue weighted by Gasteiger charge is -2.12. The number of hydrogen-bond acceptors (Lipinski definition) is 4. The lowest BCUT2D eigenvalue weighted by molar-refractivity contribution is -0.141. The molecule has 1 fully saturated rings. The van der Waals surface area contributed by atoms with Gasteiger partial charge in [0.15, 0.2) is 6.10 Å². The van der Waals surface area contributed by atoms with Gasteiger partial charge in [0.25, 0.3) is 0 Å². The number of ketones is 1. The molecule has 0 saturated heterocycles. The Bertz CT molecular complexity index is 992. The summed E-state index contributed by atoms with van der Waals surface area (Å²) in [5.74, 6) is -1.78. The predicted octanol–water partition coefficient (Wildman–Crippen LogP) is 4.30. The smallest absolute Gasteiger partial charge is 0.349 e. The zero-order valence-electron chi connectivity index (χ0n) is 16.0. The van der Waals surface area contributed by atoms with E-state index in [0.717, 1.165) is 41.9 Å². The number of aromatic nitrogens is 1. The Hall–Kier alpha value is -3.20. The van der Waals surface area contributed by atoms with Crippen LogP contribution in [0.25, 0.3) is 6.08 Å². The Labute approximate surface area is 163 Å². The van der Waals surface area contributed by atoms with E-state index in [-0.39, 0.29) is 11.1 Å². The average Bonchev–Trinajstić information content (AvgIpc) is 3.45. The number of nitriles is 1. The normalized spacial score (nSPS) is 15.0. The van der Waals surface area contributed by atoms with Gasteiger partial charge in [0.2, 0.25) is 5.78 Å². The van der Waals surface area contributed by atoms with Crippen molar-refractivity contribution in [2.24, 2.45) is 0 Å². The van der Waals surface area contributed by atoms with Gasteiger partial charge in [-0.1, -0.05) is 0 Å². The summed E-state index contributed by atoms with van der Waals surface area (Å²) in [6.45, 7) is 5.38.